The van der Waals surface area contributed by atoms with Crippen molar-refractivity contribution >= 4 is 17.4 Å². The van der Waals surface area contributed by atoms with Gasteiger partial charge in [-0.1, -0.05) is 12.1 Å². The van der Waals surface area contributed by atoms with Crippen LogP contribution in [0.3, 0.4) is 0 Å². The lowest BCUT2D eigenvalue weighted by atomic mass is 9.41. The molecule has 2 aliphatic carbocycles. The monoisotopic (exact) mass is 382 g/mol. The second-order valence-corrected chi connectivity index (χ2v) is 9.33. The fraction of sp³-hybridized carbons (Fsp3) is 0.636. The van der Waals surface area contributed by atoms with E-state index in [1.165, 1.54) is 7.11 Å². The van der Waals surface area contributed by atoms with Crippen molar-refractivity contribution < 1.29 is 19.1 Å². The van der Waals surface area contributed by atoms with Crippen molar-refractivity contribution in [2.45, 2.75) is 49.1 Å². The minimum Gasteiger partial charge on any atom is -0.495 e. The van der Waals surface area contributed by atoms with E-state index >= 15 is 0 Å². The number of ether oxygens (including phenoxy) is 2. The van der Waals surface area contributed by atoms with Crippen molar-refractivity contribution in [1.82, 2.24) is 4.90 Å². The van der Waals surface area contributed by atoms with E-state index in [2.05, 4.69) is 16.3 Å². The standard InChI is InChI=1S/C22H26N2O4/c1-27-16-6-3-5-13-17(16)23-21(19(26)28-2)9-8-20-7-4-10-24-12-14(15(25)11-20)22(13,21)18(20)24/h3,5-6,14,18,23H,4,7-12H2,1-2H3/t14-,18+,20-,21-,22-/m1/s1. The molecule has 0 radical (unpaired) electrons. The van der Waals surface area contributed by atoms with Gasteiger partial charge in [-0.25, -0.2) is 4.79 Å². The lowest BCUT2D eigenvalue weighted by Crippen LogP contribution is -2.75. The first-order valence-electron chi connectivity index (χ1n) is 10.3. The van der Waals surface area contributed by atoms with Crippen LogP contribution in [0.25, 0.3) is 0 Å². The molecule has 1 spiro atoms. The fourth-order valence-corrected chi connectivity index (χ4v) is 7.97. The third-order valence-electron chi connectivity index (χ3n) is 8.65. The molecule has 0 unspecified atom stereocenters. The van der Waals surface area contributed by atoms with Crippen molar-refractivity contribution in [2.75, 3.05) is 32.6 Å². The van der Waals surface area contributed by atoms with E-state index in [-0.39, 0.29) is 23.3 Å². The molecule has 1 N–H and O–H groups in total. The average Bonchev–Trinajstić information content (AvgIpc) is 3.20. The minimum atomic E-state index is -0.903. The van der Waals surface area contributed by atoms with Crippen LogP contribution in [0.2, 0.25) is 0 Å². The number of piperidine rings is 1. The summed E-state index contributed by atoms with van der Waals surface area (Å²) in [4.78, 5) is 29.5. The summed E-state index contributed by atoms with van der Waals surface area (Å²) in [6, 6.07) is 6.22. The third-order valence-corrected chi connectivity index (χ3v) is 8.65. The summed E-state index contributed by atoms with van der Waals surface area (Å²) in [5, 5.41) is 3.60. The Balaban J connectivity index is 1.71. The summed E-state index contributed by atoms with van der Waals surface area (Å²) in [7, 11) is 3.12. The number of Topliss-reactive ketones (excluding diaryl/α,β-unsaturated/α-hetero) is 1. The van der Waals surface area contributed by atoms with Crippen molar-refractivity contribution in [3.05, 3.63) is 23.8 Å². The van der Waals surface area contributed by atoms with Crippen LogP contribution in [0.5, 0.6) is 5.75 Å². The number of nitrogens with zero attached hydrogens (tertiary/aromatic N) is 1. The van der Waals surface area contributed by atoms with E-state index in [1.54, 1.807) is 7.11 Å². The molecule has 6 heteroatoms. The zero-order valence-corrected chi connectivity index (χ0v) is 16.4. The quantitative estimate of drug-likeness (QED) is 0.791. The van der Waals surface area contributed by atoms with Crippen molar-refractivity contribution in [3.8, 4) is 5.75 Å². The van der Waals surface area contributed by atoms with Gasteiger partial charge in [0.1, 0.15) is 17.1 Å². The van der Waals surface area contributed by atoms with Crippen LogP contribution >= 0.6 is 0 Å². The highest BCUT2D eigenvalue weighted by atomic mass is 16.5. The predicted octanol–water partition coefficient (Wildman–Crippen LogP) is 2.12. The number of methoxy groups -OCH3 is 2. The highest BCUT2D eigenvalue weighted by Crippen LogP contribution is 2.73. The third kappa shape index (κ3) is 1.52. The van der Waals surface area contributed by atoms with Gasteiger partial charge in [0.15, 0.2) is 0 Å². The Bertz CT molecular complexity index is 916. The van der Waals surface area contributed by atoms with Gasteiger partial charge in [-0.3, -0.25) is 9.69 Å². The second kappa shape index (κ2) is 5.09. The number of nitrogens with one attached hydrogen (secondary N) is 1. The number of rotatable bonds is 2. The summed E-state index contributed by atoms with van der Waals surface area (Å²) in [5.41, 5.74) is 0.455. The molecule has 3 aliphatic heterocycles. The van der Waals surface area contributed by atoms with Crippen LogP contribution in [0.4, 0.5) is 5.69 Å². The number of para-hydroxylation sites is 1. The lowest BCUT2D eigenvalue weighted by Gasteiger charge is -2.63. The van der Waals surface area contributed by atoms with E-state index in [1.807, 2.05) is 12.1 Å². The number of fused-ring (bicyclic) bond motifs is 1. The minimum absolute atomic E-state index is 0.0216. The number of carbonyl (C=O) groups excluding carboxylic acids is 2. The molecule has 2 saturated carbocycles. The molecule has 6 nitrogen and oxygen atoms in total. The maximum Gasteiger partial charge on any atom is 0.332 e. The number of esters is 1. The molecule has 2 saturated heterocycles. The van der Waals surface area contributed by atoms with E-state index in [4.69, 9.17) is 9.47 Å². The number of carbonyl (C=O) groups is 2. The SMILES string of the molecule is COC(=O)[C@]12CC[C@]34CCCN5C[C@H](C(=O)C3)[C@]1(c1cccc(OC)c1N2)[C@@H]54. The van der Waals surface area contributed by atoms with Gasteiger partial charge < -0.3 is 14.8 Å². The summed E-state index contributed by atoms with van der Waals surface area (Å²) in [6.07, 6.45) is 4.46. The van der Waals surface area contributed by atoms with Crippen LogP contribution in [0.1, 0.15) is 37.7 Å². The van der Waals surface area contributed by atoms with Crippen molar-refractivity contribution in [1.29, 1.82) is 0 Å². The first-order chi connectivity index (χ1) is 13.5. The lowest BCUT2D eigenvalue weighted by molar-refractivity contribution is -0.163. The van der Waals surface area contributed by atoms with Gasteiger partial charge in [0.05, 0.1) is 25.3 Å². The molecule has 148 valence electrons. The van der Waals surface area contributed by atoms with Crippen LogP contribution in [0.15, 0.2) is 18.2 Å². The zero-order chi connectivity index (χ0) is 19.3. The topological polar surface area (TPSA) is 67.9 Å². The molecule has 28 heavy (non-hydrogen) atoms. The highest BCUT2D eigenvalue weighted by Gasteiger charge is 2.81. The number of ketones is 1. The van der Waals surface area contributed by atoms with Gasteiger partial charge in [-0.05, 0) is 49.3 Å². The van der Waals surface area contributed by atoms with Gasteiger partial charge in [-0.15, -0.1) is 0 Å². The Morgan fingerprint density at radius 3 is 2.89 bits per heavy atom. The summed E-state index contributed by atoms with van der Waals surface area (Å²) in [6.45, 7) is 1.76. The van der Waals surface area contributed by atoms with Crippen LogP contribution in [0, 0.1) is 11.3 Å². The summed E-state index contributed by atoms with van der Waals surface area (Å²) in [5.74, 6) is 0.637. The Morgan fingerprint density at radius 1 is 1.25 bits per heavy atom. The highest BCUT2D eigenvalue weighted by molar-refractivity contribution is 5.99. The first kappa shape index (κ1) is 16.8. The van der Waals surface area contributed by atoms with Gasteiger partial charge in [0.2, 0.25) is 0 Å². The molecular weight excluding hydrogens is 356 g/mol. The van der Waals surface area contributed by atoms with Crippen molar-refractivity contribution in [3.63, 3.8) is 0 Å². The van der Waals surface area contributed by atoms with E-state index < -0.39 is 11.0 Å². The van der Waals surface area contributed by atoms with Crippen LogP contribution in [-0.4, -0.2) is 55.5 Å². The van der Waals surface area contributed by atoms with Gasteiger partial charge >= 0.3 is 5.97 Å². The largest absolute Gasteiger partial charge is 0.495 e. The molecule has 6 rings (SSSR count). The molecule has 0 amide bonds. The Hall–Kier alpha value is -2.08. The van der Waals surface area contributed by atoms with Gasteiger partial charge in [0, 0.05) is 24.9 Å². The number of benzene rings is 1. The van der Waals surface area contributed by atoms with Crippen LogP contribution < -0.4 is 10.1 Å². The van der Waals surface area contributed by atoms with E-state index in [0.29, 0.717) is 18.6 Å². The van der Waals surface area contributed by atoms with Gasteiger partial charge in [0.25, 0.3) is 0 Å². The normalized spacial score (nSPS) is 42.4. The number of hydrogen-bond acceptors (Lipinski definition) is 6. The van der Waals surface area contributed by atoms with E-state index in [0.717, 1.165) is 49.4 Å². The van der Waals surface area contributed by atoms with E-state index in [9.17, 15) is 9.59 Å². The Labute approximate surface area is 164 Å². The summed E-state index contributed by atoms with van der Waals surface area (Å²) >= 11 is 0. The summed E-state index contributed by atoms with van der Waals surface area (Å²) < 4.78 is 11.0. The van der Waals surface area contributed by atoms with Gasteiger partial charge in [-0.2, -0.15) is 0 Å². The Kier molecular flexibility index (Phi) is 3.06. The molecule has 0 aromatic heterocycles. The average molecular weight is 382 g/mol. The van der Waals surface area contributed by atoms with Crippen LogP contribution in [-0.2, 0) is 19.7 Å². The molecule has 1 aromatic rings. The molecule has 5 aliphatic rings. The molecule has 3 heterocycles. The van der Waals surface area contributed by atoms with Crippen molar-refractivity contribution in [2.24, 2.45) is 11.3 Å². The number of anilines is 1. The fourth-order valence-electron chi connectivity index (χ4n) is 7.97. The number of hydrogen-bond donors (Lipinski definition) is 1. The maximum absolute atomic E-state index is 13.5. The maximum atomic E-state index is 13.5. The zero-order valence-electron chi connectivity index (χ0n) is 16.4. The molecule has 4 fully saturated rings. The molecular formula is C22H26N2O4. The second-order valence-electron chi connectivity index (χ2n) is 9.33. The Morgan fingerprint density at radius 2 is 2.11 bits per heavy atom. The molecule has 1 aromatic carbocycles. The molecule has 5 atom stereocenters. The smallest absolute Gasteiger partial charge is 0.332 e. The first-order valence-corrected chi connectivity index (χ1v) is 10.3. The predicted molar refractivity (Wildman–Crippen MR) is 102 cm³/mol. The molecule has 4 bridgehead atoms.